The molecule has 1 N–H and O–H groups in total. The van der Waals surface area contributed by atoms with Crippen LogP contribution >= 0.6 is 0 Å². The highest BCUT2D eigenvalue weighted by Gasteiger charge is 2.19. The normalized spacial score (nSPS) is 11.3. The summed E-state index contributed by atoms with van der Waals surface area (Å²) < 4.78 is 4.96. The lowest BCUT2D eigenvalue weighted by Gasteiger charge is -2.23. The van der Waals surface area contributed by atoms with E-state index < -0.39 is 11.9 Å². The van der Waals surface area contributed by atoms with Crippen LogP contribution in [0.3, 0.4) is 0 Å². The second-order valence-electron chi connectivity index (χ2n) is 6.47. The van der Waals surface area contributed by atoms with Crippen molar-refractivity contribution in [1.82, 2.24) is 4.90 Å². The molecule has 26 heavy (non-hydrogen) atoms. The molecule has 142 valence electrons. The number of ether oxygens (including phenoxy) is 1. The van der Waals surface area contributed by atoms with Crippen molar-refractivity contribution in [2.24, 2.45) is 5.92 Å². The van der Waals surface area contributed by atoms with E-state index in [0.29, 0.717) is 18.0 Å². The van der Waals surface area contributed by atoms with Gasteiger partial charge in [0.1, 0.15) is 6.54 Å². The number of carboxylic acid groups (broad SMARTS) is 1. The topological polar surface area (TPSA) is 83.9 Å². The van der Waals surface area contributed by atoms with Crippen LogP contribution in [0.15, 0.2) is 29.8 Å². The van der Waals surface area contributed by atoms with Gasteiger partial charge in [0.2, 0.25) is 5.91 Å². The Balaban J connectivity index is 2.92. The highest BCUT2D eigenvalue weighted by Crippen LogP contribution is 2.13. The highest BCUT2D eigenvalue weighted by molar-refractivity contribution is 5.98. The van der Waals surface area contributed by atoms with E-state index in [0.717, 1.165) is 12.0 Å². The first-order chi connectivity index (χ1) is 12.2. The van der Waals surface area contributed by atoms with Crippen LogP contribution in [-0.4, -0.2) is 47.5 Å². The Morgan fingerprint density at radius 1 is 1.19 bits per heavy atom. The van der Waals surface area contributed by atoms with E-state index in [4.69, 9.17) is 9.84 Å². The van der Waals surface area contributed by atoms with Crippen LogP contribution in [0.1, 0.15) is 50.0 Å². The van der Waals surface area contributed by atoms with Crippen molar-refractivity contribution in [2.75, 3.05) is 19.7 Å². The summed E-state index contributed by atoms with van der Waals surface area (Å²) >= 11 is 0. The van der Waals surface area contributed by atoms with Crippen LogP contribution in [-0.2, 0) is 14.3 Å². The molecular weight excluding hydrogens is 334 g/mol. The molecule has 0 saturated carbocycles. The predicted octanol–water partition coefficient (Wildman–Crippen LogP) is 3.23. The molecule has 1 amide bonds. The zero-order chi connectivity index (χ0) is 19.7. The highest BCUT2D eigenvalue weighted by atomic mass is 16.5. The van der Waals surface area contributed by atoms with Gasteiger partial charge in [-0.05, 0) is 50.0 Å². The van der Waals surface area contributed by atoms with Crippen LogP contribution in [0.4, 0.5) is 0 Å². The third kappa shape index (κ3) is 7.09. The van der Waals surface area contributed by atoms with Gasteiger partial charge in [0.25, 0.3) is 0 Å². The van der Waals surface area contributed by atoms with Crippen molar-refractivity contribution >= 4 is 23.9 Å². The monoisotopic (exact) mass is 361 g/mol. The van der Waals surface area contributed by atoms with Gasteiger partial charge in [-0.25, -0.2) is 4.79 Å². The first-order valence-electron chi connectivity index (χ1n) is 8.71. The number of esters is 1. The Kier molecular flexibility index (Phi) is 8.55. The van der Waals surface area contributed by atoms with Crippen LogP contribution in [0, 0.1) is 5.92 Å². The molecule has 0 radical (unpaired) electrons. The standard InChI is InChI=1S/C20H27NO5/c1-5-26-18(22)13-21(11-10-14(2)3)19(23)15(4)12-16-6-8-17(9-7-16)20(24)25/h6-9,12,14H,5,10-11,13H2,1-4H3,(H,24,25)/b15-12+. The summed E-state index contributed by atoms with van der Waals surface area (Å²) in [4.78, 5) is 36.9. The van der Waals surface area contributed by atoms with Crippen molar-refractivity contribution in [3.05, 3.63) is 41.0 Å². The summed E-state index contributed by atoms with van der Waals surface area (Å²) in [6, 6.07) is 6.26. The number of amides is 1. The predicted molar refractivity (Wildman–Crippen MR) is 99.7 cm³/mol. The second-order valence-corrected chi connectivity index (χ2v) is 6.47. The molecule has 0 aromatic heterocycles. The fourth-order valence-corrected chi connectivity index (χ4v) is 2.31. The number of hydrogen-bond donors (Lipinski definition) is 1. The second kappa shape index (κ2) is 10.4. The number of hydrogen-bond acceptors (Lipinski definition) is 4. The Morgan fingerprint density at radius 3 is 2.31 bits per heavy atom. The summed E-state index contributed by atoms with van der Waals surface area (Å²) in [7, 11) is 0. The maximum atomic E-state index is 12.7. The van der Waals surface area contributed by atoms with Gasteiger partial charge in [-0.1, -0.05) is 26.0 Å². The summed E-state index contributed by atoms with van der Waals surface area (Å²) in [5, 5.41) is 8.93. The van der Waals surface area contributed by atoms with Crippen molar-refractivity contribution in [3.8, 4) is 0 Å². The maximum absolute atomic E-state index is 12.7. The molecule has 1 aromatic rings. The lowest BCUT2D eigenvalue weighted by molar-refractivity contribution is -0.148. The minimum absolute atomic E-state index is 0.0808. The summed E-state index contributed by atoms with van der Waals surface area (Å²) in [6.45, 7) is 8.18. The van der Waals surface area contributed by atoms with Gasteiger partial charge < -0.3 is 14.7 Å². The molecule has 0 saturated heterocycles. The molecule has 0 heterocycles. The molecule has 1 aromatic carbocycles. The number of aromatic carboxylic acids is 1. The zero-order valence-electron chi connectivity index (χ0n) is 15.8. The fraction of sp³-hybridized carbons (Fsp3) is 0.450. The smallest absolute Gasteiger partial charge is 0.335 e. The fourth-order valence-electron chi connectivity index (χ4n) is 2.31. The molecule has 6 nitrogen and oxygen atoms in total. The van der Waals surface area contributed by atoms with E-state index >= 15 is 0 Å². The molecule has 0 unspecified atom stereocenters. The number of benzene rings is 1. The summed E-state index contributed by atoms with van der Waals surface area (Å²) in [5.41, 5.74) is 1.38. The van der Waals surface area contributed by atoms with Crippen LogP contribution in [0.5, 0.6) is 0 Å². The molecule has 0 aliphatic rings. The number of rotatable bonds is 9. The summed E-state index contributed by atoms with van der Waals surface area (Å²) in [5.74, 6) is -1.26. The third-order valence-electron chi connectivity index (χ3n) is 3.77. The molecule has 6 heteroatoms. The Labute approximate surface area is 154 Å². The number of carbonyl (C=O) groups is 3. The van der Waals surface area contributed by atoms with Gasteiger partial charge >= 0.3 is 11.9 Å². The first-order valence-corrected chi connectivity index (χ1v) is 8.71. The van der Waals surface area contributed by atoms with E-state index in [9.17, 15) is 14.4 Å². The lowest BCUT2D eigenvalue weighted by atomic mass is 10.1. The first kappa shape index (κ1) is 21.4. The molecular formula is C20H27NO5. The number of nitrogens with zero attached hydrogens (tertiary/aromatic N) is 1. The Hall–Kier alpha value is -2.63. The van der Waals surface area contributed by atoms with E-state index in [1.54, 1.807) is 32.1 Å². The average Bonchev–Trinajstić information content (AvgIpc) is 2.58. The van der Waals surface area contributed by atoms with Gasteiger partial charge in [-0.3, -0.25) is 9.59 Å². The minimum atomic E-state index is -0.998. The molecule has 1 rings (SSSR count). The van der Waals surface area contributed by atoms with Gasteiger partial charge in [0.15, 0.2) is 0 Å². The van der Waals surface area contributed by atoms with Gasteiger partial charge in [0.05, 0.1) is 12.2 Å². The maximum Gasteiger partial charge on any atom is 0.335 e. The molecule has 0 aliphatic heterocycles. The van der Waals surface area contributed by atoms with Gasteiger partial charge in [0, 0.05) is 12.1 Å². The summed E-state index contributed by atoms with van der Waals surface area (Å²) in [6.07, 6.45) is 2.47. The number of carbonyl (C=O) groups excluding carboxylic acids is 2. The van der Waals surface area contributed by atoms with Crippen LogP contribution in [0.2, 0.25) is 0 Å². The quantitative estimate of drug-likeness (QED) is 0.539. The van der Waals surface area contributed by atoms with Crippen molar-refractivity contribution in [3.63, 3.8) is 0 Å². The van der Waals surface area contributed by atoms with Crippen molar-refractivity contribution in [1.29, 1.82) is 0 Å². The molecule has 0 fully saturated rings. The number of carboxylic acids is 1. The Bertz CT molecular complexity index is 661. The van der Waals surface area contributed by atoms with Crippen molar-refractivity contribution in [2.45, 2.75) is 34.1 Å². The van der Waals surface area contributed by atoms with Gasteiger partial charge in [-0.2, -0.15) is 0 Å². The molecule has 0 spiro atoms. The van der Waals surface area contributed by atoms with Crippen molar-refractivity contribution < 1.29 is 24.2 Å². The largest absolute Gasteiger partial charge is 0.478 e. The zero-order valence-corrected chi connectivity index (χ0v) is 15.8. The van der Waals surface area contributed by atoms with Gasteiger partial charge in [-0.15, -0.1) is 0 Å². The SMILES string of the molecule is CCOC(=O)CN(CCC(C)C)C(=O)/C(C)=C/c1ccc(C(=O)O)cc1. The lowest BCUT2D eigenvalue weighted by Crippen LogP contribution is -2.38. The molecule has 0 bridgehead atoms. The van der Waals surface area contributed by atoms with E-state index in [2.05, 4.69) is 13.8 Å². The average molecular weight is 361 g/mol. The third-order valence-corrected chi connectivity index (χ3v) is 3.77. The van der Waals surface area contributed by atoms with E-state index in [1.807, 2.05) is 0 Å². The van der Waals surface area contributed by atoms with Crippen LogP contribution < -0.4 is 0 Å². The minimum Gasteiger partial charge on any atom is -0.478 e. The van der Waals surface area contributed by atoms with E-state index in [-0.39, 0.29) is 24.6 Å². The molecule has 0 aliphatic carbocycles. The Morgan fingerprint density at radius 2 is 1.81 bits per heavy atom. The van der Waals surface area contributed by atoms with E-state index in [1.165, 1.54) is 17.0 Å². The van der Waals surface area contributed by atoms with Crippen LogP contribution in [0.25, 0.3) is 6.08 Å². The molecule has 0 atom stereocenters.